The topological polar surface area (TPSA) is 29.3 Å². The largest absolute Gasteiger partial charge is 0.328 e. The monoisotopic (exact) mass is 266 g/mol. The lowest BCUT2D eigenvalue weighted by atomic mass is 9.68. The van der Waals surface area contributed by atoms with Gasteiger partial charge in [-0.15, -0.1) is 0 Å². The van der Waals surface area contributed by atoms with Crippen molar-refractivity contribution in [3.8, 4) is 0 Å². The van der Waals surface area contributed by atoms with E-state index in [9.17, 15) is 0 Å². The minimum Gasteiger partial charge on any atom is -0.328 e. The molecule has 1 aromatic carbocycles. The van der Waals surface area contributed by atoms with Crippen LogP contribution < -0.4 is 5.73 Å². The van der Waals surface area contributed by atoms with Gasteiger partial charge in [0.25, 0.3) is 0 Å². The molecule has 0 spiro atoms. The highest BCUT2D eigenvalue weighted by Crippen LogP contribution is 2.40. The maximum Gasteiger partial charge on any atom is 0.0408 e. The molecule has 100 valence electrons. The zero-order chi connectivity index (χ0) is 13.2. The van der Waals surface area contributed by atoms with Gasteiger partial charge in [-0.1, -0.05) is 23.7 Å². The lowest BCUT2D eigenvalue weighted by Gasteiger charge is -2.41. The fourth-order valence-electron chi connectivity index (χ4n) is 3.15. The van der Waals surface area contributed by atoms with Crippen molar-refractivity contribution in [1.29, 1.82) is 0 Å². The Bertz CT molecular complexity index is 395. The van der Waals surface area contributed by atoms with Gasteiger partial charge in [0, 0.05) is 23.0 Å². The second-order valence-electron chi connectivity index (χ2n) is 5.87. The number of likely N-dealkylation sites (N-methyl/N-ethyl adjacent to an activating group) is 1. The predicted molar refractivity (Wildman–Crippen MR) is 78.1 cm³/mol. The first kappa shape index (κ1) is 13.9. The van der Waals surface area contributed by atoms with Gasteiger partial charge in [-0.25, -0.2) is 0 Å². The molecule has 1 aromatic rings. The Labute approximate surface area is 115 Å². The van der Waals surface area contributed by atoms with Gasteiger partial charge in [0.1, 0.15) is 0 Å². The summed E-state index contributed by atoms with van der Waals surface area (Å²) in [7, 11) is 4.28. The van der Waals surface area contributed by atoms with E-state index in [-0.39, 0.29) is 5.41 Å². The van der Waals surface area contributed by atoms with Crippen LogP contribution in [0.1, 0.15) is 31.2 Å². The van der Waals surface area contributed by atoms with Crippen LogP contribution in [0.5, 0.6) is 0 Å². The number of hydrogen-bond acceptors (Lipinski definition) is 2. The number of nitrogens with two attached hydrogens (primary N) is 1. The van der Waals surface area contributed by atoms with Crippen molar-refractivity contribution in [2.24, 2.45) is 5.73 Å². The highest BCUT2D eigenvalue weighted by Gasteiger charge is 2.36. The predicted octanol–water partition coefficient (Wildman–Crippen LogP) is 3.04. The van der Waals surface area contributed by atoms with Gasteiger partial charge in [0.15, 0.2) is 0 Å². The molecule has 0 radical (unpaired) electrons. The van der Waals surface area contributed by atoms with Crippen LogP contribution in [0, 0.1) is 0 Å². The van der Waals surface area contributed by atoms with Crippen molar-refractivity contribution in [3.63, 3.8) is 0 Å². The second kappa shape index (κ2) is 5.60. The van der Waals surface area contributed by atoms with E-state index in [0.717, 1.165) is 37.3 Å². The van der Waals surface area contributed by atoms with Crippen molar-refractivity contribution in [2.75, 3.05) is 20.6 Å². The van der Waals surface area contributed by atoms with Crippen LogP contribution in [0.25, 0.3) is 0 Å². The zero-order valence-electron chi connectivity index (χ0n) is 11.3. The molecule has 0 unspecified atom stereocenters. The zero-order valence-corrected chi connectivity index (χ0v) is 12.1. The molecule has 1 fully saturated rings. The Morgan fingerprint density at radius 3 is 2.56 bits per heavy atom. The van der Waals surface area contributed by atoms with Gasteiger partial charge in [0.05, 0.1) is 0 Å². The molecular formula is C15H23ClN2. The Kier molecular flexibility index (Phi) is 4.31. The summed E-state index contributed by atoms with van der Waals surface area (Å²) in [6, 6.07) is 8.72. The van der Waals surface area contributed by atoms with Crippen molar-refractivity contribution < 1.29 is 0 Å². The number of nitrogens with zero attached hydrogens (tertiary/aromatic N) is 1. The molecule has 3 heteroatoms. The minimum atomic E-state index is 0.226. The van der Waals surface area contributed by atoms with Crippen molar-refractivity contribution >= 4 is 11.6 Å². The van der Waals surface area contributed by atoms with Gasteiger partial charge in [0.2, 0.25) is 0 Å². The fraction of sp³-hybridized carbons (Fsp3) is 0.600. The molecule has 2 N–H and O–H groups in total. The molecule has 0 heterocycles. The van der Waals surface area contributed by atoms with E-state index in [1.165, 1.54) is 5.56 Å². The van der Waals surface area contributed by atoms with Crippen LogP contribution >= 0.6 is 11.6 Å². The van der Waals surface area contributed by atoms with Gasteiger partial charge in [-0.05, 0) is 57.5 Å². The molecule has 1 saturated carbocycles. The molecule has 2 nitrogen and oxygen atoms in total. The van der Waals surface area contributed by atoms with E-state index in [1.807, 2.05) is 6.07 Å². The highest BCUT2D eigenvalue weighted by molar-refractivity contribution is 6.30. The molecule has 0 aliphatic heterocycles. The van der Waals surface area contributed by atoms with E-state index >= 15 is 0 Å². The highest BCUT2D eigenvalue weighted by atomic mass is 35.5. The van der Waals surface area contributed by atoms with Gasteiger partial charge in [-0.2, -0.15) is 0 Å². The Hall–Kier alpha value is -0.570. The number of halogens is 1. The third-order valence-corrected chi connectivity index (χ3v) is 4.28. The van der Waals surface area contributed by atoms with E-state index in [1.54, 1.807) is 0 Å². The molecule has 1 aliphatic carbocycles. The first-order valence-corrected chi connectivity index (χ1v) is 7.06. The standard InChI is InChI=1S/C15H23ClN2/c1-18(2)11-15(8-6-14(17)7-9-15)12-4-3-5-13(16)10-12/h3-5,10,14H,6-9,11,17H2,1-2H3. The van der Waals surface area contributed by atoms with Gasteiger partial charge < -0.3 is 10.6 Å². The summed E-state index contributed by atoms with van der Waals surface area (Å²) in [6.07, 6.45) is 4.54. The minimum absolute atomic E-state index is 0.226. The van der Waals surface area contributed by atoms with E-state index < -0.39 is 0 Å². The Morgan fingerprint density at radius 2 is 2.00 bits per heavy atom. The summed E-state index contributed by atoms with van der Waals surface area (Å²) in [5.74, 6) is 0. The summed E-state index contributed by atoms with van der Waals surface area (Å²) in [4.78, 5) is 2.28. The Balaban J connectivity index is 2.30. The molecule has 0 aromatic heterocycles. The van der Waals surface area contributed by atoms with E-state index in [4.69, 9.17) is 17.3 Å². The quantitative estimate of drug-likeness (QED) is 0.911. The second-order valence-corrected chi connectivity index (χ2v) is 6.30. The smallest absolute Gasteiger partial charge is 0.0408 e. The fourth-order valence-corrected chi connectivity index (χ4v) is 3.34. The van der Waals surface area contributed by atoms with Crippen LogP contribution in [0.3, 0.4) is 0 Å². The van der Waals surface area contributed by atoms with E-state index in [0.29, 0.717) is 6.04 Å². The summed E-state index contributed by atoms with van der Waals surface area (Å²) < 4.78 is 0. The van der Waals surface area contributed by atoms with Crippen molar-refractivity contribution in [2.45, 2.75) is 37.1 Å². The molecule has 1 aliphatic rings. The third kappa shape index (κ3) is 3.05. The average Bonchev–Trinajstić information content (AvgIpc) is 2.32. The Morgan fingerprint density at radius 1 is 1.33 bits per heavy atom. The maximum absolute atomic E-state index is 6.15. The van der Waals surface area contributed by atoms with Gasteiger partial charge in [-0.3, -0.25) is 0 Å². The first-order valence-electron chi connectivity index (χ1n) is 6.68. The van der Waals surface area contributed by atoms with E-state index in [2.05, 4.69) is 37.2 Å². The van der Waals surface area contributed by atoms with Crippen LogP contribution in [-0.4, -0.2) is 31.6 Å². The van der Waals surface area contributed by atoms with Crippen LogP contribution in [-0.2, 0) is 5.41 Å². The van der Waals surface area contributed by atoms with Crippen LogP contribution in [0.15, 0.2) is 24.3 Å². The SMILES string of the molecule is CN(C)CC1(c2cccc(Cl)c2)CCC(N)CC1. The summed E-state index contributed by atoms with van der Waals surface area (Å²) in [5, 5.41) is 0.834. The summed E-state index contributed by atoms with van der Waals surface area (Å²) >= 11 is 6.15. The summed E-state index contributed by atoms with van der Waals surface area (Å²) in [6.45, 7) is 1.07. The number of hydrogen-bond donors (Lipinski definition) is 1. The summed E-state index contributed by atoms with van der Waals surface area (Å²) in [5.41, 5.74) is 7.65. The number of rotatable bonds is 3. The molecule has 0 amide bonds. The lowest BCUT2D eigenvalue weighted by Crippen LogP contribution is -2.43. The first-order chi connectivity index (χ1) is 8.52. The molecular weight excluding hydrogens is 244 g/mol. The molecule has 18 heavy (non-hydrogen) atoms. The van der Waals surface area contributed by atoms with Gasteiger partial charge >= 0.3 is 0 Å². The van der Waals surface area contributed by atoms with Crippen LogP contribution in [0.4, 0.5) is 0 Å². The lowest BCUT2D eigenvalue weighted by molar-refractivity contribution is 0.204. The normalized spacial score (nSPS) is 28.6. The maximum atomic E-state index is 6.15. The molecule has 2 rings (SSSR count). The third-order valence-electron chi connectivity index (χ3n) is 4.04. The molecule has 0 bridgehead atoms. The number of benzene rings is 1. The van der Waals surface area contributed by atoms with Crippen molar-refractivity contribution in [1.82, 2.24) is 4.90 Å². The average molecular weight is 267 g/mol. The molecule has 0 atom stereocenters. The van der Waals surface area contributed by atoms with Crippen LogP contribution in [0.2, 0.25) is 5.02 Å². The van der Waals surface area contributed by atoms with Crippen molar-refractivity contribution in [3.05, 3.63) is 34.9 Å². The molecule has 0 saturated heterocycles.